The van der Waals surface area contributed by atoms with Crippen LogP contribution in [-0.2, 0) is 11.3 Å². The summed E-state index contributed by atoms with van der Waals surface area (Å²) in [5.74, 6) is -0.619. The van der Waals surface area contributed by atoms with Crippen LogP contribution in [0.25, 0.3) is 0 Å². The van der Waals surface area contributed by atoms with Gasteiger partial charge in [-0.3, -0.25) is 4.79 Å². The molecule has 0 spiro atoms. The minimum absolute atomic E-state index is 0.0293. The van der Waals surface area contributed by atoms with E-state index in [4.69, 9.17) is 5.11 Å². The van der Waals surface area contributed by atoms with Gasteiger partial charge < -0.3 is 15.1 Å². The van der Waals surface area contributed by atoms with E-state index in [-0.39, 0.29) is 18.1 Å². The highest BCUT2D eigenvalue weighted by atomic mass is 16.4. The highest BCUT2D eigenvalue weighted by molar-refractivity contribution is 5.68. The van der Waals surface area contributed by atoms with E-state index >= 15 is 0 Å². The molecule has 0 fully saturated rings. The third-order valence-corrected chi connectivity index (χ3v) is 2.96. The average Bonchev–Trinajstić information content (AvgIpc) is 2.18. The first-order valence-electron chi connectivity index (χ1n) is 5.28. The normalized spacial score (nSPS) is 20.4. The largest absolute Gasteiger partial charge is 0.508 e. The van der Waals surface area contributed by atoms with Crippen molar-refractivity contribution in [2.24, 2.45) is 0 Å². The molecule has 0 amide bonds. The van der Waals surface area contributed by atoms with Gasteiger partial charge in [0.05, 0.1) is 6.42 Å². The van der Waals surface area contributed by atoms with Crippen LogP contribution in [0.1, 0.15) is 23.5 Å². The summed E-state index contributed by atoms with van der Waals surface area (Å²) >= 11 is 0. The van der Waals surface area contributed by atoms with Gasteiger partial charge in [-0.25, -0.2) is 0 Å². The van der Waals surface area contributed by atoms with Crippen molar-refractivity contribution in [3.05, 3.63) is 29.3 Å². The summed E-state index contributed by atoms with van der Waals surface area (Å²) in [5, 5.41) is 18.3. The zero-order chi connectivity index (χ0) is 11.7. The average molecular weight is 221 g/mol. The van der Waals surface area contributed by atoms with Gasteiger partial charge in [0, 0.05) is 19.0 Å². The molecule has 86 valence electrons. The Morgan fingerprint density at radius 3 is 3.00 bits per heavy atom. The number of rotatable bonds is 2. The molecule has 1 unspecified atom stereocenters. The zero-order valence-electron chi connectivity index (χ0n) is 9.18. The second-order valence-electron chi connectivity index (χ2n) is 4.37. The quantitative estimate of drug-likeness (QED) is 0.792. The van der Waals surface area contributed by atoms with Crippen molar-refractivity contribution in [1.82, 2.24) is 4.90 Å². The summed E-state index contributed by atoms with van der Waals surface area (Å²) in [7, 11) is 1.98. The maximum atomic E-state index is 10.8. The van der Waals surface area contributed by atoms with Crippen LogP contribution >= 0.6 is 0 Å². The Hall–Kier alpha value is -1.55. The molecule has 0 aliphatic carbocycles. The zero-order valence-corrected chi connectivity index (χ0v) is 9.18. The molecule has 0 radical (unpaired) electrons. The van der Waals surface area contributed by atoms with E-state index < -0.39 is 5.97 Å². The molecule has 1 heterocycles. The number of carbonyl (C=O) groups is 1. The Kier molecular flexibility index (Phi) is 2.83. The van der Waals surface area contributed by atoms with Crippen molar-refractivity contribution in [2.75, 3.05) is 13.6 Å². The van der Waals surface area contributed by atoms with Crippen LogP contribution in [0.5, 0.6) is 5.75 Å². The van der Waals surface area contributed by atoms with Crippen molar-refractivity contribution in [3.63, 3.8) is 0 Å². The Morgan fingerprint density at radius 2 is 2.31 bits per heavy atom. The van der Waals surface area contributed by atoms with E-state index in [9.17, 15) is 9.90 Å². The molecule has 4 nitrogen and oxygen atoms in total. The second-order valence-corrected chi connectivity index (χ2v) is 4.37. The smallest absolute Gasteiger partial charge is 0.304 e. The van der Waals surface area contributed by atoms with E-state index in [2.05, 4.69) is 4.90 Å². The topological polar surface area (TPSA) is 60.8 Å². The van der Waals surface area contributed by atoms with E-state index in [1.54, 1.807) is 12.1 Å². The fourth-order valence-electron chi connectivity index (χ4n) is 2.32. The van der Waals surface area contributed by atoms with Crippen LogP contribution < -0.4 is 0 Å². The fourth-order valence-corrected chi connectivity index (χ4v) is 2.32. The third-order valence-electron chi connectivity index (χ3n) is 2.96. The van der Waals surface area contributed by atoms with Gasteiger partial charge in [0.2, 0.25) is 0 Å². The molecule has 2 rings (SSSR count). The lowest BCUT2D eigenvalue weighted by atomic mass is 9.87. The molecule has 0 saturated carbocycles. The first-order chi connectivity index (χ1) is 7.56. The molecule has 1 aromatic rings. The van der Waals surface area contributed by atoms with Gasteiger partial charge in [0.1, 0.15) is 5.75 Å². The summed E-state index contributed by atoms with van der Waals surface area (Å²) in [6.45, 7) is 1.54. The molecule has 4 heteroatoms. The molecule has 1 aliphatic heterocycles. The summed E-state index contributed by atoms with van der Waals surface area (Å²) in [6, 6.07) is 5.21. The van der Waals surface area contributed by atoms with Gasteiger partial charge in [-0.05, 0) is 30.3 Å². The Morgan fingerprint density at radius 1 is 1.56 bits per heavy atom. The molecule has 16 heavy (non-hydrogen) atoms. The summed E-state index contributed by atoms with van der Waals surface area (Å²) < 4.78 is 0. The molecule has 1 aliphatic rings. The van der Waals surface area contributed by atoms with E-state index in [0.717, 1.165) is 24.2 Å². The van der Waals surface area contributed by atoms with Crippen LogP contribution in [-0.4, -0.2) is 34.7 Å². The number of likely N-dealkylation sites (N-methyl/N-ethyl adjacent to an activating group) is 1. The van der Waals surface area contributed by atoms with Crippen LogP contribution in [0.3, 0.4) is 0 Å². The van der Waals surface area contributed by atoms with Gasteiger partial charge in [-0.2, -0.15) is 0 Å². The highest BCUT2D eigenvalue weighted by Gasteiger charge is 2.25. The lowest BCUT2D eigenvalue weighted by molar-refractivity contribution is -0.137. The van der Waals surface area contributed by atoms with Gasteiger partial charge in [0.25, 0.3) is 0 Å². The number of benzene rings is 1. The molecular weight excluding hydrogens is 206 g/mol. The molecule has 2 N–H and O–H groups in total. The number of hydrogen-bond acceptors (Lipinski definition) is 3. The Bertz CT molecular complexity index is 417. The molecule has 0 bridgehead atoms. The van der Waals surface area contributed by atoms with E-state index in [1.165, 1.54) is 0 Å². The number of carboxylic acids is 1. The number of carboxylic acid groups (broad SMARTS) is 1. The molecule has 0 aromatic heterocycles. The number of aliphatic carboxylic acids is 1. The number of hydrogen-bond donors (Lipinski definition) is 2. The lowest BCUT2D eigenvalue weighted by Gasteiger charge is -2.31. The number of phenols is 1. The van der Waals surface area contributed by atoms with Gasteiger partial charge in [0.15, 0.2) is 0 Å². The number of nitrogens with zero attached hydrogens (tertiary/aromatic N) is 1. The van der Waals surface area contributed by atoms with Crippen LogP contribution in [0.4, 0.5) is 0 Å². The van der Waals surface area contributed by atoms with Crippen LogP contribution in [0.2, 0.25) is 0 Å². The SMILES string of the molecule is CN1Cc2ccc(O)cc2C(CC(=O)O)C1. The van der Waals surface area contributed by atoms with Crippen molar-refractivity contribution in [3.8, 4) is 5.75 Å². The van der Waals surface area contributed by atoms with Crippen molar-refractivity contribution in [1.29, 1.82) is 0 Å². The molecule has 1 aromatic carbocycles. The summed E-state index contributed by atoms with van der Waals surface area (Å²) in [5.41, 5.74) is 2.08. The number of aromatic hydroxyl groups is 1. The predicted molar refractivity (Wildman–Crippen MR) is 59.4 cm³/mol. The first-order valence-corrected chi connectivity index (χ1v) is 5.28. The van der Waals surface area contributed by atoms with Crippen molar-refractivity contribution < 1.29 is 15.0 Å². The summed E-state index contributed by atoms with van der Waals surface area (Å²) in [6.07, 6.45) is 0.112. The Balaban J connectivity index is 2.35. The minimum atomic E-state index is -0.797. The van der Waals surface area contributed by atoms with Gasteiger partial charge in [-0.1, -0.05) is 6.07 Å². The van der Waals surface area contributed by atoms with E-state index in [1.807, 2.05) is 13.1 Å². The van der Waals surface area contributed by atoms with Crippen molar-refractivity contribution >= 4 is 5.97 Å². The predicted octanol–water partition coefficient (Wildman–Crippen LogP) is 1.40. The van der Waals surface area contributed by atoms with Crippen LogP contribution in [0, 0.1) is 0 Å². The third kappa shape index (κ3) is 2.17. The first kappa shape index (κ1) is 11.0. The highest BCUT2D eigenvalue weighted by Crippen LogP contribution is 2.32. The maximum Gasteiger partial charge on any atom is 0.304 e. The number of fused-ring (bicyclic) bond motifs is 1. The Labute approximate surface area is 94.1 Å². The monoisotopic (exact) mass is 221 g/mol. The molecule has 1 atom stereocenters. The summed E-state index contributed by atoms with van der Waals surface area (Å²) in [4.78, 5) is 12.9. The standard InChI is InChI=1S/C12H15NO3/c1-13-6-8-2-3-10(14)5-11(8)9(7-13)4-12(15)16/h2-3,5,9,14H,4,6-7H2,1H3,(H,15,16). The second kappa shape index (κ2) is 4.14. The molecule has 0 saturated heterocycles. The van der Waals surface area contributed by atoms with E-state index in [0.29, 0.717) is 0 Å². The maximum absolute atomic E-state index is 10.8. The van der Waals surface area contributed by atoms with Gasteiger partial charge in [-0.15, -0.1) is 0 Å². The minimum Gasteiger partial charge on any atom is -0.508 e. The lowest BCUT2D eigenvalue weighted by Crippen LogP contribution is -2.31. The molecular formula is C12H15NO3. The number of phenolic OH excluding ortho intramolecular Hbond substituents is 1. The van der Waals surface area contributed by atoms with Crippen LogP contribution in [0.15, 0.2) is 18.2 Å². The van der Waals surface area contributed by atoms with Crippen molar-refractivity contribution in [2.45, 2.75) is 18.9 Å². The fraction of sp³-hybridized carbons (Fsp3) is 0.417. The van der Waals surface area contributed by atoms with Gasteiger partial charge >= 0.3 is 5.97 Å².